The number of methoxy groups -OCH3 is 1. The van der Waals surface area contributed by atoms with Crippen LogP contribution in [0.5, 0.6) is 0 Å². The Hall–Kier alpha value is -1.36. The second-order valence-corrected chi connectivity index (χ2v) is 15.2. The molecule has 2 fully saturated rings. The van der Waals surface area contributed by atoms with E-state index in [-0.39, 0.29) is 45.6 Å². The third kappa shape index (κ3) is 4.67. The lowest BCUT2D eigenvalue weighted by Gasteiger charge is -2.62. The fourth-order valence-electron chi connectivity index (χ4n) is 10.1. The summed E-state index contributed by atoms with van der Waals surface area (Å²) in [4.78, 5) is 25.0. The van der Waals surface area contributed by atoms with Crippen molar-refractivity contribution in [3.8, 4) is 0 Å². The fourth-order valence-corrected chi connectivity index (χ4v) is 10.1. The summed E-state index contributed by atoms with van der Waals surface area (Å²) in [5, 5.41) is 10.3. The van der Waals surface area contributed by atoms with E-state index in [1.165, 1.54) is 14.0 Å². The minimum absolute atomic E-state index is 0.00904. The predicted octanol–water partition coefficient (Wildman–Crippen LogP) is 7.40. The van der Waals surface area contributed by atoms with Gasteiger partial charge in [0.05, 0.1) is 18.6 Å². The molecule has 2 saturated carbocycles. The Bertz CT molecular complexity index is 972. The molecule has 4 rings (SSSR count). The maximum atomic E-state index is 13.1. The van der Waals surface area contributed by atoms with Crippen LogP contribution >= 0.6 is 0 Å². The van der Waals surface area contributed by atoms with Crippen molar-refractivity contribution in [2.75, 3.05) is 7.11 Å². The summed E-state index contributed by atoms with van der Waals surface area (Å²) in [6, 6.07) is 0. The quantitative estimate of drug-likeness (QED) is 0.274. The van der Waals surface area contributed by atoms with Gasteiger partial charge in [0.15, 0.2) is 0 Å². The van der Waals surface area contributed by atoms with Crippen molar-refractivity contribution in [2.45, 2.75) is 138 Å². The highest BCUT2D eigenvalue weighted by Crippen LogP contribution is 2.72. The van der Waals surface area contributed by atoms with Gasteiger partial charge >= 0.3 is 11.9 Å². The summed E-state index contributed by atoms with van der Waals surface area (Å²) in [7, 11) is 1.53. The maximum Gasteiger partial charge on any atom is 0.308 e. The van der Waals surface area contributed by atoms with Crippen molar-refractivity contribution < 1.29 is 24.2 Å². The monoisotopic (exact) mass is 530 g/mol. The fraction of sp³-hybridized carbons (Fsp3) is 0.879. The first-order chi connectivity index (χ1) is 17.5. The van der Waals surface area contributed by atoms with Gasteiger partial charge < -0.3 is 14.6 Å². The van der Waals surface area contributed by atoms with E-state index in [4.69, 9.17) is 9.47 Å². The molecule has 1 N–H and O–H groups in total. The van der Waals surface area contributed by atoms with Crippen molar-refractivity contribution in [1.29, 1.82) is 0 Å². The van der Waals surface area contributed by atoms with Gasteiger partial charge in [0.2, 0.25) is 0 Å². The second-order valence-electron chi connectivity index (χ2n) is 15.2. The first kappa shape index (κ1) is 29.6. The molecule has 0 spiro atoms. The second kappa shape index (κ2) is 9.93. The van der Waals surface area contributed by atoms with Crippen molar-refractivity contribution in [2.24, 2.45) is 39.4 Å². The third-order valence-corrected chi connectivity index (χ3v) is 12.4. The molecule has 0 radical (unpaired) electrons. The van der Waals surface area contributed by atoms with E-state index in [1.807, 2.05) is 13.8 Å². The zero-order chi connectivity index (χ0) is 28.3. The van der Waals surface area contributed by atoms with Crippen LogP contribution in [0.15, 0.2) is 11.1 Å². The molecule has 0 aromatic carbocycles. The summed E-state index contributed by atoms with van der Waals surface area (Å²) < 4.78 is 11.2. The normalized spacial score (nSPS) is 39.1. The highest BCUT2D eigenvalue weighted by Gasteiger charge is 2.64. The molecule has 216 valence electrons. The number of hydrogen-bond acceptors (Lipinski definition) is 5. The lowest BCUT2D eigenvalue weighted by Crippen LogP contribution is -2.56. The van der Waals surface area contributed by atoms with Gasteiger partial charge in [-0.1, -0.05) is 45.8 Å². The molecule has 1 unspecified atom stereocenters. The summed E-state index contributed by atoms with van der Waals surface area (Å²) in [6.45, 7) is 17.4. The van der Waals surface area contributed by atoms with Gasteiger partial charge in [-0.25, -0.2) is 0 Å². The van der Waals surface area contributed by atoms with Gasteiger partial charge in [-0.2, -0.15) is 0 Å². The van der Waals surface area contributed by atoms with Crippen LogP contribution in [0.4, 0.5) is 0 Å². The zero-order valence-corrected chi connectivity index (χ0v) is 25.7. The van der Waals surface area contributed by atoms with Gasteiger partial charge in [0, 0.05) is 12.3 Å². The van der Waals surface area contributed by atoms with Crippen LogP contribution < -0.4 is 0 Å². The lowest BCUT2D eigenvalue weighted by molar-refractivity contribution is -0.167. The Labute approximate surface area is 231 Å². The lowest BCUT2D eigenvalue weighted by atomic mass is 9.43. The molecule has 7 atom stereocenters. The summed E-state index contributed by atoms with van der Waals surface area (Å²) in [5.74, 6) is 0.459. The summed E-state index contributed by atoms with van der Waals surface area (Å²) >= 11 is 0. The minimum atomic E-state index is -0.713. The zero-order valence-electron chi connectivity index (χ0n) is 25.7. The number of fused-ring (bicyclic) bond motifs is 4. The predicted molar refractivity (Wildman–Crippen MR) is 150 cm³/mol. The Kier molecular flexibility index (Phi) is 7.74. The molecular formula is C33H54O5. The van der Waals surface area contributed by atoms with Gasteiger partial charge in [-0.15, -0.1) is 0 Å². The Morgan fingerprint density at radius 2 is 1.68 bits per heavy atom. The van der Waals surface area contributed by atoms with E-state index in [2.05, 4.69) is 34.6 Å². The smallest absolute Gasteiger partial charge is 0.308 e. The van der Waals surface area contributed by atoms with Crippen LogP contribution in [0.25, 0.3) is 0 Å². The van der Waals surface area contributed by atoms with Crippen LogP contribution in [0.2, 0.25) is 0 Å². The molecule has 0 aromatic rings. The van der Waals surface area contributed by atoms with Crippen LogP contribution in [-0.2, 0) is 19.1 Å². The topological polar surface area (TPSA) is 72.8 Å². The van der Waals surface area contributed by atoms with E-state index >= 15 is 0 Å². The molecule has 0 aliphatic heterocycles. The van der Waals surface area contributed by atoms with E-state index in [0.29, 0.717) is 18.3 Å². The average Bonchev–Trinajstić information content (AvgIpc) is 3.08. The molecule has 5 nitrogen and oxygen atoms in total. The Morgan fingerprint density at radius 1 is 1.00 bits per heavy atom. The molecule has 0 bridgehead atoms. The number of carbonyl (C=O) groups is 2. The summed E-state index contributed by atoms with van der Waals surface area (Å²) in [6.07, 6.45) is 11.0. The number of ether oxygens (including phenoxy) is 2. The number of carbonyl (C=O) groups excluding carboxylic acids is 2. The molecule has 0 heterocycles. The van der Waals surface area contributed by atoms with Crippen LogP contribution in [0.3, 0.4) is 0 Å². The maximum absolute atomic E-state index is 13.1. The molecule has 0 amide bonds. The molecule has 38 heavy (non-hydrogen) atoms. The highest BCUT2D eigenvalue weighted by molar-refractivity contribution is 5.73. The van der Waals surface area contributed by atoms with Gasteiger partial charge in [-0.05, 0) is 113 Å². The van der Waals surface area contributed by atoms with Gasteiger partial charge in [0.25, 0.3) is 0 Å². The van der Waals surface area contributed by atoms with Crippen molar-refractivity contribution in [3.63, 3.8) is 0 Å². The molecule has 4 aliphatic carbocycles. The van der Waals surface area contributed by atoms with Gasteiger partial charge in [-0.3, -0.25) is 9.59 Å². The van der Waals surface area contributed by atoms with Crippen molar-refractivity contribution >= 4 is 11.9 Å². The van der Waals surface area contributed by atoms with Crippen molar-refractivity contribution in [1.82, 2.24) is 0 Å². The van der Waals surface area contributed by atoms with Gasteiger partial charge in [0.1, 0.15) is 6.10 Å². The minimum Gasteiger partial charge on any atom is -0.469 e. The standard InChI is InChI=1S/C33H54O5/c1-21(34)38-27-16-18-31(6)24-15-20-32(7)23(22(28(35)37-9)11-10-17-29(2,3)36)14-19-33(32,8)25(24)12-13-26(31)30(27,4)5/h22-23,26-27,36H,10-20H2,1-9H3/t22-,23-,26?,27+,31-,32-,33+/m1/s1. The Morgan fingerprint density at radius 3 is 2.29 bits per heavy atom. The molecular weight excluding hydrogens is 476 g/mol. The molecule has 0 aromatic heterocycles. The number of allylic oxidation sites excluding steroid dienone is 2. The SMILES string of the molecule is COC(=O)[C@H](CCCC(C)(C)O)[C@H]1CC[C@@]2(C)C3=C(CC[C@]12C)[C@@]1(C)CC[C@H](OC(C)=O)C(C)(C)C1CC3. The summed E-state index contributed by atoms with van der Waals surface area (Å²) in [5.41, 5.74) is 2.93. The Balaban J connectivity index is 1.65. The van der Waals surface area contributed by atoms with Crippen LogP contribution in [0, 0.1) is 39.4 Å². The largest absolute Gasteiger partial charge is 0.469 e. The highest BCUT2D eigenvalue weighted by atomic mass is 16.5. The van der Waals surface area contributed by atoms with E-state index in [1.54, 1.807) is 11.1 Å². The first-order valence-electron chi connectivity index (χ1n) is 15.2. The van der Waals surface area contributed by atoms with E-state index in [9.17, 15) is 14.7 Å². The van der Waals surface area contributed by atoms with E-state index in [0.717, 1.165) is 64.2 Å². The first-order valence-corrected chi connectivity index (χ1v) is 15.2. The number of rotatable bonds is 7. The number of aliphatic hydroxyl groups is 1. The number of esters is 2. The molecule has 5 heteroatoms. The molecule has 0 saturated heterocycles. The van der Waals surface area contributed by atoms with Crippen LogP contribution in [-0.4, -0.2) is 35.9 Å². The average molecular weight is 531 g/mol. The van der Waals surface area contributed by atoms with Crippen LogP contribution in [0.1, 0.15) is 126 Å². The van der Waals surface area contributed by atoms with Crippen molar-refractivity contribution in [3.05, 3.63) is 11.1 Å². The van der Waals surface area contributed by atoms with E-state index < -0.39 is 5.60 Å². The molecule has 4 aliphatic rings. The third-order valence-electron chi connectivity index (χ3n) is 12.4. The number of hydrogen-bond donors (Lipinski definition) is 1.